The fourth-order valence-corrected chi connectivity index (χ4v) is 3.34. The van der Waals surface area contributed by atoms with E-state index in [9.17, 15) is 0 Å². The predicted octanol–water partition coefficient (Wildman–Crippen LogP) is 4.39. The molecule has 3 rings (SSSR count). The number of aryl methyl sites for hydroxylation is 1. The van der Waals surface area contributed by atoms with Crippen LogP contribution in [0.3, 0.4) is 0 Å². The third-order valence-corrected chi connectivity index (χ3v) is 4.58. The summed E-state index contributed by atoms with van der Waals surface area (Å²) in [7, 11) is 2.04. The molecule has 1 aromatic carbocycles. The second kappa shape index (κ2) is 6.60. The predicted molar refractivity (Wildman–Crippen MR) is 89.0 cm³/mol. The minimum atomic E-state index is 0.568. The Labute approximate surface area is 138 Å². The van der Waals surface area contributed by atoms with Crippen molar-refractivity contribution in [2.75, 3.05) is 7.05 Å². The smallest absolute Gasteiger partial charge is 0.241 e. The van der Waals surface area contributed by atoms with Crippen LogP contribution in [0.15, 0.2) is 40.2 Å². The zero-order chi connectivity index (χ0) is 15.5. The quantitative estimate of drug-likeness (QED) is 0.694. The van der Waals surface area contributed by atoms with Crippen molar-refractivity contribution in [1.82, 2.24) is 15.0 Å². The van der Waals surface area contributed by atoms with Crippen molar-refractivity contribution in [1.29, 1.82) is 0 Å². The van der Waals surface area contributed by atoms with Crippen LogP contribution in [0.2, 0.25) is 5.02 Å². The molecule has 3 aromatic rings. The summed E-state index contributed by atoms with van der Waals surface area (Å²) in [5.41, 5.74) is 2.18. The van der Waals surface area contributed by atoms with E-state index in [2.05, 4.69) is 33.4 Å². The summed E-state index contributed by atoms with van der Waals surface area (Å²) in [6, 6.07) is 9.58. The Balaban J connectivity index is 1.68. The molecule has 0 fully saturated rings. The van der Waals surface area contributed by atoms with Crippen LogP contribution in [0.4, 0.5) is 0 Å². The second-order valence-electron chi connectivity index (χ2n) is 5.22. The highest BCUT2D eigenvalue weighted by Crippen LogP contribution is 2.21. The molecule has 0 unspecified atom stereocenters. The molecular formula is C16H16ClN3OS. The molecule has 2 heterocycles. The number of hydrogen-bond donors (Lipinski definition) is 0. The normalized spacial score (nSPS) is 11.3. The monoisotopic (exact) mass is 333 g/mol. The first-order valence-electron chi connectivity index (χ1n) is 6.92. The van der Waals surface area contributed by atoms with Gasteiger partial charge in [-0.05, 0) is 43.1 Å². The molecule has 22 heavy (non-hydrogen) atoms. The van der Waals surface area contributed by atoms with E-state index in [0.29, 0.717) is 23.3 Å². The van der Waals surface area contributed by atoms with Crippen molar-refractivity contribution in [3.05, 3.63) is 57.1 Å². The highest BCUT2D eigenvalue weighted by molar-refractivity contribution is 7.10. The largest absolute Gasteiger partial charge is 0.338 e. The maximum absolute atomic E-state index is 5.99. The first-order valence-corrected chi connectivity index (χ1v) is 8.17. The summed E-state index contributed by atoms with van der Waals surface area (Å²) in [5, 5.41) is 6.80. The molecule has 0 atom stereocenters. The van der Waals surface area contributed by atoms with Crippen LogP contribution < -0.4 is 0 Å². The molecule has 2 aromatic heterocycles. The lowest BCUT2D eigenvalue weighted by Gasteiger charge is -2.13. The minimum absolute atomic E-state index is 0.568. The molecule has 0 amide bonds. The van der Waals surface area contributed by atoms with Crippen molar-refractivity contribution < 1.29 is 4.52 Å². The average molecular weight is 334 g/mol. The van der Waals surface area contributed by atoms with E-state index in [1.54, 1.807) is 11.3 Å². The van der Waals surface area contributed by atoms with Crippen LogP contribution in [0, 0.1) is 6.92 Å². The number of benzene rings is 1. The van der Waals surface area contributed by atoms with E-state index in [4.69, 9.17) is 16.1 Å². The van der Waals surface area contributed by atoms with Crippen molar-refractivity contribution in [2.45, 2.75) is 20.0 Å². The number of hydrogen-bond acceptors (Lipinski definition) is 5. The van der Waals surface area contributed by atoms with Gasteiger partial charge >= 0.3 is 0 Å². The third-order valence-electron chi connectivity index (χ3n) is 3.34. The lowest BCUT2D eigenvalue weighted by molar-refractivity contribution is 0.262. The average Bonchev–Trinajstić information content (AvgIpc) is 3.09. The molecule has 0 saturated heterocycles. The molecule has 0 radical (unpaired) electrons. The maximum atomic E-state index is 5.99. The highest BCUT2D eigenvalue weighted by Gasteiger charge is 2.12. The van der Waals surface area contributed by atoms with Gasteiger partial charge in [0.25, 0.3) is 0 Å². The Morgan fingerprint density at radius 1 is 1.27 bits per heavy atom. The van der Waals surface area contributed by atoms with E-state index in [0.717, 1.165) is 12.1 Å². The van der Waals surface area contributed by atoms with Crippen molar-refractivity contribution in [2.24, 2.45) is 0 Å². The summed E-state index contributed by atoms with van der Waals surface area (Å²) in [4.78, 5) is 7.96. The zero-order valence-electron chi connectivity index (χ0n) is 12.4. The van der Waals surface area contributed by atoms with Crippen LogP contribution >= 0.6 is 22.9 Å². The Morgan fingerprint density at radius 2 is 2.14 bits per heavy atom. The molecular weight excluding hydrogens is 318 g/mol. The third kappa shape index (κ3) is 3.55. The van der Waals surface area contributed by atoms with Crippen LogP contribution in [0.5, 0.6) is 0 Å². The molecule has 0 saturated carbocycles. The second-order valence-corrected chi connectivity index (χ2v) is 6.66. The SMILES string of the molecule is Cc1ccsc1CN(C)Cc1nc(-c2cccc(Cl)c2)no1. The van der Waals surface area contributed by atoms with Gasteiger partial charge in [0.2, 0.25) is 11.7 Å². The molecule has 114 valence electrons. The Bertz CT molecular complexity index is 768. The van der Waals surface area contributed by atoms with Crippen LogP contribution in [-0.4, -0.2) is 22.1 Å². The summed E-state index contributed by atoms with van der Waals surface area (Å²) in [6.45, 7) is 3.62. The van der Waals surface area contributed by atoms with Crippen LogP contribution in [0.1, 0.15) is 16.3 Å². The van der Waals surface area contributed by atoms with Gasteiger partial charge in [-0.2, -0.15) is 4.98 Å². The van der Waals surface area contributed by atoms with Crippen molar-refractivity contribution in [3.63, 3.8) is 0 Å². The molecule has 0 aliphatic rings. The van der Waals surface area contributed by atoms with E-state index in [1.165, 1.54) is 10.4 Å². The van der Waals surface area contributed by atoms with Gasteiger partial charge in [-0.1, -0.05) is 28.9 Å². The first-order chi connectivity index (χ1) is 10.6. The topological polar surface area (TPSA) is 42.2 Å². The van der Waals surface area contributed by atoms with Crippen molar-refractivity contribution in [3.8, 4) is 11.4 Å². The van der Waals surface area contributed by atoms with Gasteiger partial charge in [-0.25, -0.2) is 0 Å². The van der Waals surface area contributed by atoms with Gasteiger partial charge in [-0.15, -0.1) is 11.3 Å². The lowest BCUT2D eigenvalue weighted by atomic mass is 10.2. The zero-order valence-corrected chi connectivity index (χ0v) is 14.0. The Kier molecular flexibility index (Phi) is 4.57. The maximum Gasteiger partial charge on any atom is 0.241 e. The molecule has 0 N–H and O–H groups in total. The van der Waals surface area contributed by atoms with Crippen LogP contribution in [0.25, 0.3) is 11.4 Å². The number of rotatable bonds is 5. The number of thiophene rings is 1. The van der Waals surface area contributed by atoms with Gasteiger partial charge in [0.1, 0.15) is 0 Å². The number of aromatic nitrogens is 2. The van der Waals surface area contributed by atoms with Crippen LogP contribution in [-0.2, 0) is 13.1 Å². The minimum Gasteiger partial charge on any atom is -0.338 e. The van der Waals surface area contributed by atoms with E-state index < -0.39 is 0 Å². The highest BCUT2D eigenvalue weighted by atomic mass is 35.5. The van der Waals surface area contributed by atoms with Crippen molar-refractivity contribution >= 4 is 22.9 Å². The summed E-state index contributed by atoms with van der Waals surface area (Å²) in [6.07, 6.45) is 0. The molecule has 6 heteroatoms. The summed E-state index contributed by atoms with van der Waals surface area (Å²) in [5.74, 6) is 1.17. The lowest BCUT2D eigenvalue weighted by Crippen LogP contribution is -2.17. The molecule has 4 nitrogen and oxygen atoms in total. The van der Waals surface area contributed by atoms with E-state index in [1.807, 2.05) is 31.3 Å². The van der Waals surface area contributed by atoms with Gasteiger partial charge < -0.3 is 4.52 Å². The summed E-state index contributed by atoms with van der Waals surface area (Å²) >= 11 is 7.76. The van der Waals surface area contributed by atoms with Gasteiger partial charge in [-0.3, -0.25) is 4.90 Å². The molecule has 0 bridgehead atoms. The van der Waals surface area contributed by atoms with E-state index >= 15 is 0 Å². The fraction of sp³-hybridized carbons (Fsp3) is 0.250. The molecule has 0 aliphatic heterocycles. The molecule has 0 aliphatic carbocycles. The molecule has 0 spiro atoms. The fourth-order valence-electron chi connectivity index (χ4n) is 2.16. The summed E-state index contributed by atoms with van der Waals surface area (Å²) < 4.78 is 5.34. The van der Waals surface area contributed by atoms with Gasteiger partial charge in [0.15, 0.2) is 0 Å². The number of halogens is 1. The number of nitrogens with zero attached hydrogens (tertiary/aromatic N) is 3. The van der Waals surface area contributed by atoms with Gasteiger partial charge in [0.05, 0.1) is 6.54 Å². The van der Waals surface area contributed by atoms with Gasteiger partial charge in [0, 0.05) is 22.0 Å². The Morgan fingerprint density at radius 3 is 2.86 bits per heavy atom. The van der Waals surface area contributed by atoms with E-state index in [-0.39, 0.29) is 0 Å². The standard InChI is InChI=1S/C16H16ClN3OS/c1-11-6-7-22-14(11)9-20(2)10-15-18-16(19-21-15)12-4-3-5-13(17)8-12/h3-8H,9-10H2,1-2H3. The Hall–Kier alpha value is -1.69. The first kappa shape index (κ1) is 15.2.